The van der Waals surface area contributed by atoms with Crippen LogP contribution < -0.4 is 34.2 Å². The highest BCUT2D eigenvalue weighted by Gasteiger charge is 2.32. The average molecular weight is 533 g/mol. The van der Waals surface area contributed by atoms with Crippen molar-refractivity contribution in [2.75, 3.05) is 27.9 Å². The zero-order chi connectivity index (χ0) is 28.1. The lowest BCUT2D eigenvalue weighted by Gasteiger charge is -2.27. The number of methoxy groups -OCH3 is 3. The first-order valence-electron chi connectivity index (χ1n) is 11.4. The van der Waals surface area contributed by atoms with Gasteiger partial charge in [-0.25, -0.2) is 4.79 Å². The number of ether oxygens (including phenoxy) is 6. The van der Waals surface area contributed by atoms with Crippen LogP contribution in [-0.2, 0) is 4.79 Å². The van der Waals surface area contributed by atoms with Crippen LogP contribution >= 0.6 is 0 Å². The molecule has 3 aromatic rings. The average Bonchev–Trinajstić information content (AvgIpc) is 2.94. The Kier molecular flexibility index (Phi) is 7.72. The van der Waals surface area contributed by atoms with Crippen molar-refractivity contribution in [2.45, 2.75) is 5.92 Å². The summed E-state index contributed by atoms with van der Waals surface area (Å²) in [7, 11) is 4.46. The van der Waals surface area contributed by atoms with E-state index in [2.05, 4.69) is 6.07 Å². The standard InChI is InChI=1S/C27H23N3O9/c1-34-22-10-15(11-23(35-2)26(22)36-3)25-19-9-8-18(12-21(19)39-27(29)20(25)13-28)38-24(31)14-37-17-6-4-16(5-7-17)30(32)33/h4-12,25H,14,29H2,1-3H3. The number of carbonyl (C=O) groups excluding carboxylic acids is 1. The number of rotatable bonds is 9. The number of allylic oxidation sites excluding steroid dienone is 1. The molecule has 0 saturated carbocycles. The van der Waals surface area contributed by atoms with Crippen molar-refractivity contribution < 1.29 is 38.1 Å². The number of non-ortho nitro benzene ring substituents is 1. The summed E-state index contributed by atoms with van der Waals surface area (Å²) in [5.41, 5.74) is 7.41. The largest absolute Gasteiger partial charge is 0.493 e. The van der Waals surface area contributed by atoms with Crippen LogP contribution in [0.15, 0.2) is 66.1 Å². The first-order chi connectivity index (χ1) is 18.8. The third kappa shape index (κ3) is 5.47. The molecule has 4 rings (SSSR count). The van der Waals surface area contributed by atoms with Crippen LogP contribution in [0.4, 0.5) is 5.69 Å². The summed E-state index contributed by atoms with van der Waals surface area (Å²) in [4.78, 5) is 22.6. The lowest BCUT2D eigenvalue weighted by atomic mass is 9.83. The van der Waals surface area contributed by atoms with Gasteiger partial charge in [-0.05, 0) is 35.9 Å². The molecule has 0 aliphatic carbocycles. The molecule has 1 atom stereocenters. The van der Waals surface area contributed by atoms with Crippen molar-refractivity contribution in [1.82, 2.24) is 0 Å². The SMILES string of the molecule is COc1cc(C2C(C#N)=C(N)Oc3cc(OC(=O)COc4ccc([N+](=O)[O-])cc4)ccc32)cc(OC)c1OC. The van der Waals surface area contributed by atoms with Crippen molar-refractivity contribution in [1.29, 1.82) is 5.26 Å². The Morgan fingerprint density at radius 3 is 2.23 bits per heavy atom. The van der Waals surface area contributed by atoms with Crippen molar-refractivity contribution in [3.63, 3.8) is 0 Å². The second-order valence-corrected chi connectivity index (χ2v) is 8.10. The summed E-state index contributed by atoms with van der Waals surface area (Å²) in [6, 6.07) is 15.5. The molecule has 12 nitrogen and oxygen atoms in total. The molecule has 0 radical (unpaired) electrons. The van der Waals surface area contributed by atoms with Crippen molar-refractivity contribution in [3.8, 4) is 40.6 Å². The van der Waals surface area contributed by atoms with Crippen LogP contribution in [0.25, 0.3) is 0 Å². The predicted octanol–water partition coefficient (Wildman–Crippen LogP) is 3.82. The zero-order valence-electron chi connectivity index (χ0n) is 21.1. The lowest BCUT2D eigenvalue weighted by molar-refractivity contribution is -0.384. The van der Waals surface area contributed by atoms with Gasteiger partial charge in [0.15, 0.2) is 18.1 Å². The summed E-state index contributed by atoms with van der Waals surface area (Å²) >= 11 is 0. The summed E-state index contributed by atoms with van der Waals surface area (Å²) in [5, 5.41) is 20.6. The number of nitrogens with two attached hydrogens (primary N) is 1. The van der Waals surface area contributed by atoms with E-state index >= 15 is 0 Å². The lowest BCUT2D eigenvalue weighted by Crippen LogP contribution is -2.22. The van der Waals surface area contributed by atoms with E-state index < -0.39 is 23.4 Å². The molecule has 3 aromatic carbocycles. The van der Waals surface area contributed by atoms with E-state index in [9.17, 15) is 20.2 Å². The molecular weight excluding hydrogens is 510 g/mol. The van der Waals surface area contributed by atoms with Gasteiger partial charge >= 0.3 is 5.97 Å². The zero-order valence-corrected chi connectivity index (χ0v) is 21.1. The predicted molar refractivity (Wildman–Crippen MR) is 136 cm³/mol. The number of nitriles is 1. The van der Waals surface area contributed by atoms with Gasteiger partial charge in [0.05, 0.1) is 32.2 Å². The molecule has 1 aliphatic heterocycles. The van der Waals surface area contributed by atoms with Gasteiger partial charge in [-0.3, -0.25) is 10.1 Å². The summed E-state index contributed by atoms with van der Waals surface area (Å²) in [5.74, 6) is 0.437. The van der Waals surface area contributed by atoms with Gasteiger partial charge in [0.1, 0.15) is 28.9 Å². The Balaban J connectivity index is 1.58. The molecular formula is C27H23N3O9. The Morgan fingerprint density at radius 2 is 1.67 bits per heavy atom. The Morgan fingerprint density at radius 1 is 1.03 bits per heavy atom. The number of nitro benzene ring substituents is 1. The third-order valence-electron chi connectivity index (χ3n) is 5.85. The van der Waals surface area contributed by atoms with Gasteiger partial charge < -0.3 is 34.2 Å². The Bertz CT molecular complexity index is 1470. The smallest absolute Gasteiger partial charge is 0.349 e. The topological polar surface area (TPSA) is 165 Å². The van der Waals surface area contributed by atoms with Crippen LogP contribution in [0.2, 0.25) is 0 Å². The molecule has 0 aromatic heterocycles. The molecule has 39 heavy (non-hydrogen) atoms. The third-order valence-corrected chi connectivity index (χ3v) is 5.85. The first kappa shape index (κ1) is 26.6. The second-order valence-electron chi connectivity index (χ2n) is 8.10. The molecule has 1 heterocycles. The number of nitro groups is 1. The Hall–Kier alpha value is -5.44. The fourth-order valence-corrected chi connectivity index (χ4v) is 4.08. The molecule has 1 aliphatic rings. The summed E-state index contributed by atoms with van der Waals surface area (Å²) in [6.45, 7) is -0.440. The van der Waals surface area contributed by atoms with E-state index in [1.165, 1.54) is 51.7 Å². The van der Waals surface area contributed by atoms with Crippen LogP contribution in [0.5, 0.6) is 34.5 Å². The van der Waals surface area contributed by atoms with Crippen molar-refractivity contribution in [3.05, 3.63) is 87.3 Å². The monoisotopic (exact) mass is 533 g/mol. The van der Waals surface area contributed by atoms with Gasteiger partial charge in [0.2, 0.25) is 11.6 Å². The van der Waals surface area contributed by atoms with Gasteiger partial charge in [-0.1, -0.05) is 6.07 Å². The molecule has 0 bridgehead atoms. The fraction of sp³-hybridized carbons (Fsp3) is 0.185. The molecule has 0 fully saturated rings. The van der Waals surface area contributed by atoms with E-state index in [4.69, 9.17) is 34.2 Å². The maximum absolute atomic E-state index is 12.4. The molecule has 1 unspecified atom stereocenters. The maximum Gasteiger partial charge on any atom is 0.349 e. The van der Waals surface area contributed by atoms with E-state index in [1.807, 2.05) is 0 Å². The molecule has 12 heteroatoms. The van der Waals surface area contributed by atoms with Crippen molar-refractivity contribution in [2.24, 2.45) is 5.73 Å². The highest BCUT2D eigenvalue weighted by Crippen LogP contribution is 2.47. The van der Waals surface area contributed by atoms with Gasteiger partial charge in [0, 0.05) is 23.8 Å². The van der Waals surface area contributed by atoms with E-state index in [1.54, 1.807) is 24.3 Å². The number of nitrogens with zero attached hydrogens (tertiary/aromatic N) is 2. The maximum atomic E-state index is 12.4. The molecule has 0 amide bonds. The van der Waals surface area contributed by atoms with Gasteiger partial charge in [-0.2, -0.15) is 5.26 Å². The highest BCUT2D eigenvalue weighted by atomic mass is 16.6. The van der Waals surface area contributed by atoms with Crippen LogP contribution in [0, 0.1) is 21.4 Å². The highest BCUT2D eigenvalue weighted by molar-refractivity contribution is 5.74. The molecule has 0 saturated heterocycles. The number of carbonyl (C=O) groups is 1. The van der Waals surface area contributed by atoms with Crippen LogP contribution in [-0.4, -0.2) is 38.8 Å². The fourth-order valence-electron chi connectivity index (χ4n) is 4.08. The van der Waals surface area contributed by atoms with Crippen LogP contribution in [0.3, 0.4) is 0 Å². The van der Waals surface area contributed by atoms with Crippen LogP contribution in [0.1, 0.15) is 17.0 Å². The number of benzene rings is 3. The Labute approximate surface area is 222 Å². The summed E-state index contributed by atoms with van der Waals surface area (Å²) in [6.07, 6.45) is 0. The summed E-state index contributed by atoms with van der Waals surface area (Å²) < 4.78 is 32.7. The number of esters is 1. The molecule has 0 spiro atoms. The molecule has 200 valence electrons. The van der Waals surface area contributed by atoms with Gasteiger partial charge in [-0.15, -0.1) is 0 Å². The van der Waals surface area contributed by atoms with E-state index in [0.29, 0.717) is 28.4 Å². The number of hydrogen-bond acceptors (Lipinski definition) is 11. The quantitative estimate of drug-likeness (QED) is 0.184. The molecule has 2 N–H and O–H groups in total. The van der Waals surface area contributed by atoms with E-state index in [-0.39, 0.29) is 34.4 Å². The van der Waals surface area contributed by atoms with Crippen molar-refractivity contribution >= 4 is 11.7 Å². The number of fused-ring (bicyclic) bond motifs is 1. The van der Waals surface area contributed by atoms with Gasteiger partial charge in [0.25, 0.3) is 5.69 Å². The van der Waals surface area contributed by atoms with E-state index in [0.717, 1.165) is 0 Å². The minimum absolute atomic E-state index is 0.100. The normalized spacial score (nSPS) is 13.8. The first-order valence-corrected chi connectivity index (χ1v) is 11.4. The number of hydrogen-bond donors (Lipinski definition) is 1. The minimum atomic E-state index is -0.716. The minimum Gasteiger partial charge on any atom is -0.493 e. The second kappa shape index (κ2) is 11.3.